The van der Waals surface area contributed by atoms with Gasteiger partial charge in [-0.2, -0.15) is 0 Å². The molecule has 0 amide bonds. The van der Waals surface area contributed by atoms with Gasteiger partial charge in [0.1, 0.15) is 0 Å². The lowest BCUT2D eigenvalue weighted by molar-refractivity contribution is -0.149. The summed E-state index contributed by atoms with van der Waals surface area (Å²) in [4.78, 5) is 11.8. The van der Waals surface area contributed by atoms with Crippen molar-refractivity contribution in [3.8, 4) is 0 Å². The molecule has 1 saturated carbocycles. The monoisotopic (exact) mass is 232 g/mol. The molecule has 1 aromatic rings. The van der Waals surface area contributed by atoms with Crippen molar-refractivity contribution in [2.24, 2.45) is 5.92 Å². The molecule has 0 spiro atoms. The smallest absolute Gasteiger partial charge is 0.308 e. The van der Waals surface area contributed by atoms with Crippen LogP contribution in [0.4, 0.5) is 0 Å². The molecule has 0 bridgehead atoms. The van der Waals surface area contributed by atoms with Crippen molar-refractivity contribution in [1.29, 1.82) is 0 Å². The zero-order chi connectivity index (χ0) is 12.1. The second-order valence-corrected chi connectivity index (χ2v) is 4.72. The highest BCUT2D eigenvalue weighted by Crippen LogP contribution is 2.36. The molecular formula is C15H20O2. The molecule has 2 heteroatoms. The Morgan fingerprint density at radius 2 is 2.06 bits per heavy atom. The van der Waals surface area contributed by atoms with Crippen molar-refractivity contribution in [2.75, 3.05) is 6.61 Å². The van der Waals surface area contributed by atoms with Gasteiger partial charge in [-0.1, -0.05) is 36.8 Å². The standard InChI is InChI=1S/C15H20O2/c1-2-17-15(16)14-10-6-9-13(11-14)12-7-4-3-5-8-12/h3-5,7-8,13-14H,2,6,9-11H2,1H3. The van der Waals surface area contributed by atoms with Gasteiger partial charge in [-0.3, -0.25) is 4.79 Å². The molecule has 1 aliphatic carbocycles. The van der Waals surface area contributed by atoms with Crippen molar-refractivity contribution >= 4 is 5.97 Å². The van der Waals surface area contributed by atoms with Crippen LogP contribution in [0.5, 0.6) is 0 Å². The van der Waals surface area contributed by atoms with Crippen molar-refractivity contribution in [1.82, 2.24) is 0 Å². The topological polar surface area (TPSA) is 26.3 Å². The fourth-order valence-electron chi connectivity index (χ4n) is 2.69. The maximum Gasteiger partial charge on any atom is 0.308 e. The van der Waals surface area contributed by atoms with Crippen LogP contribution in [-0.4, -0.2) is 12.6 Å². The molecule has 2 nitrogen and oxygen atoms in total. The van der Waals surface area contributed by atoms with E-state index < -0.39 is 0 Å². The van der Waals surface area contributed by atoms with Gasteiger partial charge >= 0.3 is 5.97 Å². The van der Waals surface area contributed by atoms with Crippen LogP contribution in [0.3, 0.4) is 0 Å². The number of carbonyl (C=O) groups is 1. The Hall–Kier alpha value is -1.31. The van der Waals surface area contributed by atoms with Crippen LogP contribution in [0.15, 0.2) is 30.3 Å². The number of hydrogen-bond acceptors (Lipinski definition) is 2. The predicted octanol–water partition coefficient (Wildman–Crippen LogP) is 3.52. The molecule has 92 valence electrons. The van der Waals surface area contributed by atoms with E-state index in [4.69, 9.17) is 4.74 Å². The first kappa shape index (κ1) is 12.2. The summed E-state index contributed by atoms with van der Waals surface area (Å²) in [6, 6.07) is 10.5. The van der Waals surface area contributed by atoms with Gasteiger partial charge in [0.05, 0.1) is 12.5 Å². The molecule has 2 atom stereocenters. The number of rotatable bonds is 3. The Bertz CT molecular complexity index is 358. The van der Waals surface area contributed by atoms with Crippen LogP contribution in [0.1, 0.15) is 44.1 Å². The molecule has 1 fully saturated rings. The Morgan fingerprint density at radius 3 is 2.76 bits per heavy atom. The number of ether oxygens (including phenoxy) is 1. The molecule has 2 rings (SSSR count). The number of carbonyl (C=O) groups excluding carboxylic acids is 1. The Morgan fingerprint density at radius 1 is 1.29 bits per heavy atom. The molecule has 0 radical (unpaired) electrons. The number of hydrogen-bond donors (Lipinski definition) is 0. The number of benzene rings is 1. The zero-order valence-electron chi connectivity index (χ0n) is 10.4. The quantitative estimate of drug-likeness (QED) is 0.745. The molecule has 17 heavy (non-hydrogen) atoms. The Kier molecular flexibility index (Phi) is 4.18. The van der Waals surface area contributed by atoms with Crippen molar-refractivity contribution in [3.63, 3.8) is 0 Å². The third kappa shape index (κ3) is 3.09. The third-order valence-corrected chi connectivity index (χ3v) is 3.57. The lowest BCUT2D eigenvalue weighted by Gasteiger charge is -2.28. The predicted molar refractivity (Wildman–Crippen MR) is 67.8 cm³/mol. The zero-order valence-corrected chi connectivity index (χ0v) is 10.4. The average molecular weight is 232 g/mol. The highest BCUT2D eigenvalue weighted by molar-refractivity contribution is 5.72. The normalized spacial score (nSPS) is 24.3. The summed E-state index contributed by atoms with van der Waals surface area (Å²) in [5, 5.41) is 0. The molecule has 2 unspecified atom stereocenters. The average Bonchev–Trinajstić information content (AvgIpc) is 2.40. The molecule has 1 aliphatic rings. The van der Waals surface area contributed by atoms with Gasteiger partial charge in [-0.15, -0.1) is 0 Å². The molecule has 0 aliphatic heterocycles. The van der Waals surface area contributed by atoms with Crippen molar-refractivity contribution in [2.45, 2.75) is 38.5 Å². The lowest BCUT2D eigenvalue weighted by Crippen LogP contribution is -2.24. The molecule has 0 aromatic heterocycles. The van der Waals surface area contributed by atoms with Crippen LogP contribution < -0.4 is 0 Å². The highest BCUT2D eigenvalue weighted by atomic mass is 16.5. The minimum absolute atomic E-state index is 0.00636. The molecule has 0 saturated heterocycles. The lowest BCUT2D eigenvalue weighted by atomic mass is 9.78. The summed E-state index contributed by atoms with van der Waals surface area (Å²) in [5.74, 6) is 0.626. The maximum atomic E-state index is 11.8. The first-order chi connectivity index (χ1) is 8.31. The largest absolute Gasteiger partial charge is 0.466 e. The summed E-state index contributed by atoms with van der Waals surface area (Å²) in [6.45, 7) is 2.36. The minimum Gasteiger partial charge on any atom is -0.466 e. The molecule has 0 N–H and O–H groups in total. The van der Waals surface area contributed by atoms with Gasteiger partial charge in [-0.05, 0) is 37.7 Å². The Labute approximate surface area is 103 Å². The fourth-order valence-corrected chi connectivity index (χ4v) is 2.69. The second-order valence-electron chi connectivity index (χ2n) is 4.72. The first-order valence-corrected chi connectivity index (χ1v) is 6.53. The first-order valence-electron chi connectivity index (χ1n) is 6.53. The molecular weight excluding hydrogens is 212 g/mol. The maximum absolute atomic E-state index is 11.8. The highest BCUT2D eigenvalue weighted by Gasteiger charge is 2.28. The van der Waals surface area contributed by atoms with E-state index in [2.05, 4.69) is 24.3 Å². The summed E-state index contributed by atoms with van der Waals surface area (Å²) >= 11 is 0. The van der Waals surface area contributed by atoms with Crippen molar-refractivity contribution in [3.05, 3.63) is 35.9 Å². The van der Waals surface area contributed by atoms with E-state index in [-0.39, 0.29) is 11.9 Å². The van der Waals surface area contributed by atoms with Crippen LogP contribution in [-0.2, 0) is 9.53 Å². The van der Waals surface area contributed by atoms with Crippen molar-refractivity contribution < 1.29 is 9.53 Å². The SMILES string of the molecule is CCOC(=O)C1CCCC(c2ccccc2)C1. The summed E-state index contributed by atoms with van der Waals surface area (Å²) < 4.78 is 5.13. The molecule has 1 aromatic carbocycles. The number of esters is 1. The minimum atomic E-state index is -0.00636. The Balaban J connectivity index is 2.00. The van der Waals surface area contributed by atoms with E-state index in [0.29, 0.717) is 12.5 Å². The second kappa shape index (κ2) is 5.85. The van der Waals surface area contributed by atoms with Crippen LogP contribution in [0.25, 0.3) is 0 Å². The van der Waals surface area contributed by atoms with E-state index >= 15 is 0 Å². The van der Waals surface area contributed by atoms with Gasteiger partial charge < -0.3 is 4.74 Å². The van der Waals surface area contributed by atoms with Crippen LogP contribution in [0.2, 0.25) is 0 Å². The van der Waals surface area contributed by atoms with E-state index in [0.717, 1.165) is 19.3 Å². The van der Waals surface area contributed by atoms with Gasteiger partial charge in [-0.25, -0.2) is 0 Å². The summed E-state index contributed by atoms with van der Waals surface area (Å²) in [7, 11) is 0. The van der Waals surface area contributed by atoms with E-state index in [1.807, 2.05) is 13.0 Å². The summed E-state index contributed by atoms with van der Waals surface area (Å²) in [6.07, 6.45) is 4.26. The fraction of sp³-hybridized carbons (Fsp3) is 0.533. The molecule has 0 heterocycles. The van der Waals surface area contributed by atoms with Gasteiger partial charge in [0.15, 0.2) is 0 Å². The van der Waals surface area contributed by atoms with E-state index in [1.54, 1.807) is 0 Å². The summed E-state index contributed by atoms with van der Waals surface area (Å²) in [5.41, 5.74) is 1.36. The van der Waals surface area contributed by atoms with E-state index in [9.17, 15) is 4.79 Å². The van der Waals surface area contributed by atoms with Gasteiger partial charge in [0, 0.05) is 0 Å². The van der Waals surface area contributed by atoms with Gasteiger partial charge in [0.25, 0.3) is 0 Å². The van der Waals surface area contributed by atoms with Crippen LogP contribution in [0, 0.1) is 5.92 Å². The van der Waals surface area contributed by atoms with E-state index in [1.165, 1.54) is 12.0 Å². The van der Waals surface area contributed by atoms with Gasteiger partial charge in [0.2, 0.25) is 0 Å². The third-order valence-electron chi connectivity index (χ3n) is 3.57. The van der Waals surface area contributed by atoms with Crippen LogP contribution >= 0.6 is 0 Å².